The van der Waals surface area contributed by atoms with E-state index in [9.17, 15) is 9.18 Å². The maximum Gasteiger partial charge on any atom is 0.253 e. The summed E-state index contributed by atoms with van der Waals surface area (Å²) in [5.74, 6) is 0.720. The first-order valence-electron chi connectivity index (χ1n) is 10.3. The van der Waals surface area contributed by atoms with Gasteiger partial charge in [-0.1, -0.05) is 43.5 Å². The molecular formula is C25H24FN3O3. The van der Waals surface area contributed by atoms with Crippen LogP contribution in [0.15, 0.2) is 78.4 Å². The van der Waals surface area contributed by atoms with Crippen LogP contribution >= 0.6 is 0 Å². The number of hydrogen-bond acceptors (Lipinski definition) is 5. The summed E-state index contributed by atoms with van der Waals surface area (Å²) in [6.45, 7) is 10.5. The second kappa shape index (κ2) is 9.62. The molecule has 7 heteroatoms. The molecular weight excluding hydrogens is 409 g/mol. The Kier molecular flexibility index (Phi) is 6.47. The van der Waals surface area contributed by atoms with Crippen LogP contribution in [0.2, 0.25) is 0 Å². The van der Waals surface area contributed by atoms with Gasteiger partial charge in [0.2, 0.25) is 5.89 Å². The molecule has 1 fully saturated rings. The monoisotopic (exact) mass is 433 g/mol. The SMILES string of the molecule is C=COC(=C)c1oc(CN2CCN(C(=O)c3ccccc3)CC2)nc1-c1cccc(F)c1. The number of piperazine rings is 1. The number of nitrogens with zero attached hydrogens (tertiary/aromatic N) is 3. The minimum Gasteiger partial charge on any atom is -0.462 e. The highest BCUT2D eigenvalue weighted by Gasteiger charge is 2.25. The fourth-order valence-electron chi connectivity index (χ4n) is 3.67. The number of amides is 1. The van der Waals surface area contributed by atoms with Crippen molar-refractivity contribution in [2.24, 2.45) is 0 Å². The van der Waals surface area contributed by atoms with E-state index in [0.29, 0.717) is 61.2 Å². The first-order chi connectivity index (χ1) is 15.5. The Balaban J connectivity index is 1.47. The van der Waals surface area contributed by atoms with Crippen molar-refractivity contribution in [1.82, 2.24) is 14.8 Å². The molecule has 164 valence electrons. The van der Waals surface area contributed by atoms with Gasteiger partial charge in [-0.05, 0) is 24.3 Å². The van der Waals surface area contributed by atoms with E-state index in [0.717, 1.165) is 0 Å². The van der Waals surface area contributed by atoms with Gasteiger partial charge < -0.3 is 14.1 Å². The molecule has 2 aromatic carbocycles. The van der Waals surface area contributed by atoms with Gasteiger partial charge in [-0.2, -0.15) is 0 Å². The first-order valence-corrected chi connectivity index (χ1v) is 10.3. The topological polar surface area (TPSA) is 58.8 Å². The Bertz CT molecular complexity index is 1120. The van der Waals surface area contributed by atoms with Crippen molar-refractivity contribution in [2.75, 3.05) is 26.2 Å². The van der Waals surface area contributed by atoms with Crippen LogP contribution in [-0.2, 0) is 11.3 Å². The zero-order chi connectivity index (χ0) is 22.5. The third-order valence-electron chi connectivity index (χ3n) is 5.29. The van der Waals surface area contributed by atoms with Gasteiger partial charge >= 0.3 is 0 Å². The molecule has 0 bridgehead atoms. The number of carbonyl (C=O) groups excluding carboxylic acids is 1. The third-order valence-corrected chi connectivity index (χ3v) is 5.29. The third kappa shape index (κ3) is 4.78. The highest BCUT2D eigenvalue weighted by Crippen LogP contribution is 2.30. The Morgan fingerprint density at radius 3 is 2.56 bits per heavy atom. The van der Waals surface area contributed by atoms with Crippen molar-refractivity contribution in [3.05, 3.63) is 97.0 Å². The number of hydrogen-bond donors (Lipinski definition) is 0. The smallest absolute Gasteiger partial charge is 0.253 e. The van der Waals surface area contributed by atoms with E-state index in [1.165, 1.54) is 18.4 Å². The van der Waals surface area contributed by atoms with E-state index in [1.54, 1.807) is 12.1 Å². The summed E-state index contributed by atoms with van der Waals surface area (Å²) in [6, 6.07) is 15.4. The summed E-state index contributed by atoms with van der Waals surface area (Å²) >= 11 is 0. The molecule has 0 atom stereocenters. The normalized spacial score (nSPS) is 14.2. The molecule has 32 heavy (non-hydrogen) atoms. The van der Waals surface area contributed by atoms with Gasteiger partial charge in [0.05, 0.1) is 12.8 Å². The number of benzene rings is 2. The average molecular weight is 433 g/mol. The lowest BCUT2D eigenvalue weighted by molar-refractivity contribution is 0.0618. The van der Waals surface area contributed by atoms with Crippen LogP contribution < -0.4 is 0 Å². The molecule has 0 spiro atoms. The van der Waals surface area contributed by atoms with Crippen LogP contribution in [0.1, 0.15) is 22.0 Å². The maximum absolute atomic E-state index is 13.8. The summed E-state index contributed by atoms with van der Waals surface area (Å²) in [5, 5.41) is 0. The Labute approximate surface area is 186 Å². The molecule has 3 aromatic rings. The van der Waals surface area contributed by atoms with Gasteiger partial charge in [0.25, 0.3) is 5.91 Å². The van der Waals surface area contributed by atoms with Crippen molar-refractivity contribution in [1.29, 1.82) is 0 Å². The molecule has 0 saturated carbocycles. The van der Waals surface area contributed by atoms with Gasteiger partial charge in [0.1, 0.15) is 11.5 Å². The number of halogens is 1. The minimum absolute atomic E-state index is 0.0370. The Morgan fingerprint density at radius 2 is 1.88 bits per heavy atom. The molecule has 4 rings (SSSR count). The van der Waals surface area contributed by atoms with E-state index >= 15 is 0 Å². The van der Waals surface area contributed by atoms with Gasteiger partial charge in [-0.25, -0.2) is 9.37 Å². The molecule has 1 aromatic heterocycles. The lowest BCUT2D eigenvalue weighted by Crippen LogP contribution is -2.48. The molecule has 2 heterocycles. The fourth-order valence-corrected chi connectivity index (χ4v) is 3.67. The number of aromatic nitrogens is 1. The predicted molar refractivity (Wildman–Crippen MR) is 120 cm³/mol. The first kappa shape index (κ1) is 21.5. The largest absolute Gasteiger partial charge is 0.462 e. The lowest BCUT2D eigenvalue weighted by Gasteiger charge is -2.34. The van der Waals surface area contributed by atoms with Crippen LogP contribution in [0, 0.1) is 5.82 Å². The molecule has 0 radical (unpaired) electrons. The van der Waals surface area contributed by atoms with Crippen molar-refractivity contribution in [3.63, 3.8) is 0 Å². The summed E-state index contributed by atoms with van der Waals surface area (Å²) in [5.41, 5.74) is 1.73. The predicted octanol–water partition coefficient (Wildman–Crippen LogP) is 4.57. The van der Waals surface area contributed by atoms with Crippen molar-refractivity contribution >= 4 is 11.7 Å². The fraction of sp³-hybridized carbons (Fsp3) is 0.200. The lowest BCUT2D eigenvalue weighted by atomic mass is 10.1. The highest BCUT2D eigenvalue weighted by atomic mass is 19.1. The molecule has 1 saturated heterocycles. The van der Waals surface area contributed by atoms with Gasteiger partial charge in [-0.3, -0.25) is 9.69 Å². The van der Waals surface area contributed by atoms with Gasteiger partial charge in [-0.15, -0.1) is 0 Å². The van der Waals surface area contributed by atoms with Crippen molar-refractivity contribution in [3.8, 4) is 11.3 Å². The number of oxazole rings is 1. The highest BCUT2D eigenvalue weighted by molar-refractivity contribution is 5.94. The van der Waals surface area contributed by atoms with E-state index in [1.807, 2.05) is 35.2 Å². The van der Waals surface area contributed by atoms with Gasteiger partial charge in [0, 0.05) is 37.3 Å². The molecule has 1 aliphatic heterocycles. The standard InChI is InChI=1S/C25H24FN3O3/c1-3-31-18(2)24-23(20-10-7-11-21(26)16-20)27-22(32-24)17-28-12-14-29(15-13-28)25(30)19-8-5-4-6-9-19/h3-11,16H,1-2,12-15,17H2. The Morgan fingerprint density at radius 1 is 1.12 bits per heavy atom. The van der Waals surface area contributed by atoms with Crippen LogP contribution in [-0.4, -0.2) is 46.9 Å². The zero-order valence-electron chi connectivity index (χ0n) is 17.7. The van der Waals surface area contributed by atoms with Crippen LogP contribution in [0.25, 0.3) is 17.0 Å². The Hall–Kier alpha value is -3.71. The molecule has 0 unspecified atom stereocenters. The number of ether oxygens (including phenoxy) is 1. The second-order valence-electron chi connectivity index (χ2n) is 7.44. The summed E-state index contributed by atoms with van der Waals surface area (Å²) in [4.78, 5) is 21.3. The average Bonchev–Trinajstić information content (AvgIpc) is 3.24. The number of rotatable bonds is 7. The van der Waals surface area contributed by atoms with Crippen molar-refractivity contribution < 1.29 is 18.3 Å². The van der Waals surface area contributed by atoms with Crippen molar-refractivity contribution in [2.45, 2.75) is 6.54 Å². The van der Waals surface area contributed by atoms with Gasteiger partial charge in [0.15, 0.2) is 11.5 Å². The quantitative estimate of drug-likeness (QED) is 0.511. The van der Waals surface area contributed by atoms with E-state index in [2.05, 4.69) is 23.0 Å². The molecule has 0 aliphatic carbocycles. The second-order valence-corrected chi connectivity index (χ2v) is 7.44. The van der Waals surface area contributed by atoms with E-state index in [4.69, 9.17) is 9.15 Å². The summed E-state index contributed by atoms with van der Waals surface area (Å²) < 4.78 is 25.0. The van der Waals surface area contributed by atoms with Crippen LogP contribution in [0.4, 0.5) is 4.39 Å². The maximum atomic E-state index is 13.8. The van der Waals surface area contributed by atoms with E-state index in [-0.39, 0.29) is 17.5 Å². The molecule has 6 nitrogen and oxygen atoms in total. The van der Waals surface area contributed by atoms with Crippen LogP contribution in [0.3, 0.4) is 0 Å². The number of carbonyl (C=O) groups is 1. The van der Waals surface area contributed by atoms with E-state index < -0.39 is 0 Å². The molecule has 0 N–H and O–H groups in total. The van der Waals surface area contributed by atoms with Crippen LogP contribution in [0.5, 0.6) is 0 Å². The minimum atomic E-state index is -0.368. The molecule has 1 aliphatic rings. The zero-order valence-corrected chi connectivity index (χ0v) is 17.7. The molecule has 1 amide bonds. The summed E-state index contributed by atoms with van der Waals surface area (Å²) in [6.07, 6.45) is 1.25. The summed E-state index contributed by atoms with van der Waals surface area (Å²) in [7, 11) is 0.